The van der Waals surface area contributed by atoms with E-state index in [1.165, 1.54) is 13.5 Å². The van der Waals surface area contributed by atoms with Crippen LogP contribution in [-0.2, 0) is 16.0 Å². The van der Waals surface area contributed by atoms with E-state index in [9.17, 15) is 4.79 Å². The van der Waals surface area contributed by atoms with Gasteiger partial charge in [-0.3, -0.25) is 10.2 Å². The first-order chi connectivity index (χ1) is 7.59. The van der Waals surface area contributed by atoms with Crippen LogP contribution in [0.3, 0.4) is 0 Å². The number of aryl methyl sites for hydroxylation is 1. The van der Waals surface area contributed by atoms with Gasteiger partial charge in [-0.2, -0.15) is 6.61 Å². The van der Waals surface area contributed by atoms with E-state index >= 15 is 0 Å². The van der Waals surface area contributed by atoms with Crippen LogP contribution < -0.4 is 5.73 Å². The van der Waals surface area contributed by atoms with Crippen LogP contribution in [0.1, 0.15) is 24.5 Å². The molecule has 1 rings (SSSR count). The summed E-state index contributed by atoms with van der Waals surface area (Å²) in [6.45, 7) is 2.86. The van der Waals surface area contributed by atoms with Gasteiger partial charge < -0.3 is 10.5 Å². The molecule has 0 heterocycles. The number of benzene rings is 1. The fraction of sp³-hybridized carbons (Fsp3) is 0.250. The molecule has 1 aromatic carbocycles. The number of nitrogens with one attached hydrogen (secondary N) is 1. The summed E-state index contributed by atoms with van der Waals surface area (Å²) in [5, 5.41) is 7.30. The van der Waals surface area contributed by atoms with Gasteiger partial charge in [0.2, 0.25) is 0 Å². The molecule has 0 aliphatic heterocycles. The third-order valence-corrected chi connectivity index (χ3v) is 2.04. The maximum Gasteiger partial charge on any atom is 0.271 e. The van der Waals surface area contributed by atoms with Gasteiger partial charge >= 0.3 is 0 Å². The Morgan fingerprint density at radius 1 is 1.53 bits per heavy atom. The number of carbonyl (C=O) groups excluding carboxylic acids is 1. The maximum absolute atomic E-state index is 10.5. The quantitative estimate of drug-likeness (QED) is 0.232. The Morgan fingerprint density at radius 3 is 2.82 bits per heavy atom. The Kier molecular flexibility index (Phi) is 7.94. The fourth-order valence-corrected chi connectivity index (χ4v) is 1.30. The summed E-state index contributed by atoms with van der Waals surface area (Å²) in [5.74, 6) is -0.247. The average molecular weight is 457 g/mol. The first kappa shape index (κ1) is 16.2. The van der Waals surface area contributed by atoms with Crippen molar-refractivity contribution in [3.8, 4) is 0 Å². The zero-order valence-corrected chi connectivity index (χ0v) is 13.9. The van der Waals surface area contributed by atoms with Gasteiger partial charge in [0.05, 0.1) is 0 Å². The molecule has 0 radical (unpaired) electrons. The van der Waals surface area contributed by atoms with Gasteiger partial charge in [0, 0.05) is 43.6 Å². The summed E-state index contributed by atoms with van der Waals surface area (Å²) < 4.78 is 4.71. The van der Waals surface area contributed by atoms with Crippen LogP contribution in [0.2, 0.25) is 0 Å². The van der Waals surface area contributed by atoms with E-state index in [4.69, 9.17) is 15.9 Å². The molecule has 0 saturated carbocycles. The molecule has 0 bridgehead atoms. The maximum atomic E-state index is 10.5. The molecule has 0 atom stereocenters. The molecular formula is C12H15N2O2U-. The second-order valence-corrected chi connectivity index (χ2v) is 3.43. The molecule has 90 valence electrons. The van der Waals surface area contributed by atoms with E-state index in [2.05, 4.69) is 0 Å². The molecule has 0 aliphatic rings. The number of hydrogen-bond donors (Lipinski definition) is 2. The van der Waals surface area contributed by atoms with Crippen LogP contribution in [0, 0.1) is 43.1 Å². The minimum Gasteiger partial charge on any atom is -0.637 e. The van der Waals surface area contributed by atoms with Crippen LogP contribution in [0.5, 0.6) is 0 Å². The Labute approximate surface area is 125 Å². The van der Waals surface area contributed by atoms with Crippen molar-refractivity contribution < 1.29 is 40.6 Å². The second-order valence-electron chi connectivity index (χ2n) is 3.43. The third kappa shape index (κ3) is 6.50. The number of nitrogens with two attached hydrogens (primary N) is 1. The normalized spacial score (nSPS) is 9.24. The number of esters is 1. The summed E-state index contributed by atoms with van der Waals surface area (Å²) in [5.41, 5.74) is 7.16. The smallest absolute Gasteiger partial charge is 0.271 e. The van der Waals surface area contributed by atoms with Crippen molar-refractivity contribution in [3.63, 3.8) is 0 Å². The summed E-state index contributed by atoms with van der Waals surface area (Å²) in [6.07, 6.45) is 1.41. The van der Waals surface area contributed by atoms with Crippen molar-refractivity contribution in [1.82, 2.24) is 0 Å². The number of nitrogen functional groups attached to an aromatic ring is 1. The Balaban J connectivity index is 0.00000256. The molecule has 5 heteroatoms. The van der Waals surface area contributed by atoms with E-state index in [1.54, 1.807) is 6.07 Å². The van der Waals surface area contributed by atoms with Gasteiger partial charge in [-0.1, -0.05) is 24.6 Å². The van der Waals surface area contributed by atoms with Crippen molar-refractivity contribution >= 4 is 11.8 Å². The van der Waals surface area contributed by atoms with Gasteiger partial charge in [0.15, 0.2) is 0 Å². The standard InChI is InChI=1S/C12H15N2O2.U/c1-9(15)16-7-3-5-10-4-2-6-11(8-10)12(13)14;/h2,4,6-8H,3,5H2,1H3,(H3,13,14);/q-1;. The van der Waals surface area contributed by atoms with Crippen LogP contribution in [0.15, 0.2) is 24.3 Å². The third-order valence-electron chi connectivity index (χ3n) is 2.04. The number of rotatable bonds is 5. The molecule has 0 saturated heterocycles. The molecule has 1 aromatic rings. The van der Waals surface area contributed by atoms with Gasteiger partial charge in [-0.15, -0.1) is 6.42 Å². The largest absolute Gasteiger partial charge is 0.637 e. The second kappa shape index (κ2) is 8.32. The summed E-state index contributed by atoms with van der Waals surface area (Å²) >= 11 is 0. The molecule has 17 heavy (non-hydrogen) atoms. The zero-order valence-electron chi connectivity index (χ0n) is 9.69. The Bertz CT molecular complexity index is 394. The summed E-state index contributed by atoms with van der Waals surface area (Å²) in [4.78, 5) is 10.5. The van der Waals surface area contributed by atoms with Crippen molar-refractivity contribution in [1.29, 1.82) is 5.41 Å². The Morgan fingerprint density at radius 2 is 2.24 bits per heavy atom. The molecule has 0 amide bonds. The zero-order chi connectivity index (χ0) is 12.0. The number of hydrogen-bond acceptors (Lipinski definition) is 3. The fourth-order valence-electron chi connectivity index (χ4n) is 1.30. The number of carbonyl (C=O) groups is 1. The van der Waals surface area contributed by atoms with Crippen LogP contribution in [0.4, 0.5) is 0 Å². The predicted molar refractivity (Wildman–Crippen MR) is 61.8 cm³/mol. The van der Waals surface area contributed by atoms with E-state index in [1.807, 2.05) is 18.2 Å². The molecule has 0 aromatic heterocycles. The van der Waals surface area contributed by atoms with Gasteiger partial charge in [-0.25, -0.2) is 0 Å². The molecule has 0 unspecified atom stereocenters. The summed E-state index contributed by atoms with van der Waals surface area (Å²) in [6, 6.07) is 7.47. The monoisotopic (exact) mass is 457 g/mol. The number of amidine groups is 1. The number of ether oxygens (including phenoxy) is 1. The summed E-state index contributed by atoms with van der Waals surface area (Å²) in [7, 11) is 0. The molecule has 0 fully saturated rings. The SMILES string of the molecule is CC(=O)O[CH-]CCc1cccc(C(=N)N)c1.[U]. The van der Waals surface area contributed by atoms with E-state index in [0.29, 0.717) is 12.0 Å². The first-order valence-electron chi connectivity index (χ1n) is 5.02. The average Bonchev–Trinajstić information content (AvgIpc) is 2.24. The van der Waals surface area contributed by atoms with Gasteiger partial charge in [-0.05, 0) is 11.6 Å². The molecule has 4 nitrogen and oxygen atoms in total. The minimum atomic E-state index is -0.308. The van der Waals surface area contributed by atoms with Gasteiger partial charge in [0.25, 0.3) is 5.97 Å². The van der Waals surface area contributed by atoms with E-state index < -0.39 is 0 Å². The molecule has 0 spiro atoms. The molecule has 3 N–H and O–H groups in total. The van der Waals surface area contributed by atoms with E-state index in [0.717, 1.165) is 12.0 Å². The van der Waals surface area contributed by atoms with Crippen LogP contribution in [-0.4, -0.2) is 11.8 Å². The topological polar surface area (TPSA) is 76.2 Å². The van der Waals surface area contributed by atoms with Crippen molar-refractivity contribution in [2.45, 2.75) is 19.8 Å². The van der Waals surface area contributed by atoms with Crippen LogP contribution >= 0.6 is 0 Å². The van der Waals surface area contributed by atoms with Crippen molar-refractivity contribution in [2.75, 3.05) is 0 Å². The Hall–Kier alpha value is -0.788. The predicted octanol–water partition coefficient (Wildman–Crippen LogP) is 1.63. The minimum absolute atomic E-state index is 0. The molecule has 0 aliphatic carbocycles. The van der Waals surface area contributed by atoms with Gasteiger partial charge in [0.1, 0.15) is 5.84 Å². The van der Waals surface area contributed by atoms with E-state index in [-0.39, 0.29) is 42.9 Å². The van der Waals surface area contributed by atoms with Crippen molar-refractivity contribution in [2.24, 2.45) is 5.73 Å². The molecular weight excluding hydrogens is 442 g/mol. The van der Waals surface area contributed by atoms with Crippen molar-refractivity contribution in [3.05, 3.63) is 42.0 Å². The first-order valence-corrected chi connectivity index (χ1v) is 5.02. The van der Waals surface area contributed by atoms with Crippen LogP contribution in [0.25, 0.3) is 0 Å².